The number of esters is 1. The van der Waals surface area contributed by atoms with E-state index in [1.165, 1.54) is 6.07 Å². The fraction of sp³-hybridized carbons (Fsp3) is 0.320. The van der Waals surface area contributed by atoms with Crippen molar-refractivity contribution in [1.82, 2.24) is 30.2 Å². The second kappa shape index (κ2) is 10.3. The van der Waals surface area contributed by atoms with E-state index >= 15 is 0 Å². The highest BCUT2D eigenvalue weighted by molar-refractivity contribution is 5.80. The summed E-state index contributed by atoms with van der Waals surface area (Å²) in [5, 5.41) is 3.35. The predicted molar refractivity (Wildman–Crippen MR) is 130 cm³/mol. The zero-order chi connectivity index (χ0) is 25.1. The monoisotopic (exact) mass is 493 g/mol. The molecule has 5 rings (SSSR count). The van der Waals surface area contributed by atoms with Gasteiger partial charge in [-0.1, -0.05) is 0 Å². The number of carbonyl (C=O) groups is 1. The largest absolute Gasteiger partial charge is 0.466 e. The van der Waals surface area contributed by atoms with Gasteiger partial charge in [0.15, 0.2) is 5.82 Å². The van der Waals surface area contributed by atoms with Gasteiger partial charge in [-0.2, -0.15) is 0 Å². The minimum atomic E-state index is -0.719. The lowest BCUT2D eigenvalue weighted by Gasteiger charge is -2.20. The number of benzene rings is 1. The molecule has 0 bridgehead atoms. The summed E-state index contributed by atoms with van der Waals surface area (Å²) in [6.07, 6.45) is 6.27. The van der Waals surface area contributed by atoms with Crippen LogP contribution in [0.3, 0.4) is 0 Å². The van der Waals surface area contributed by atoms with Crippen molar-refractivity contribution in [2.24, 2.45) is 5.92 Å². The molecule has 4 aromatic rings. The summed E-state index contributed by atoms with van der Waals surface area (Å²) in [6, 6.07) is 5.60. The number of hydrogen-bond donors (Lipinski definition) is 2. The molecule has 0 saturated carbocycles. The van der Waals surface area contributed by atoms with Crippen LogP contribution in [0.15, 0.2) is 42.9 Å². The van der Waals surface area contributed by atoms with Crippen LogP contribution in [-0.2, 0) is 9.53 Å². The van der Waals surface area contributed by atoms with Crippen molar-refractivity contribution in [2.75, 3.05) is 31.3 Å². The number of imidazole rings is 1. The number of anilines is 1. The van der Waals surface area contributed by atoms with Crippen LogP contribution in [-0.4, -0.2) is 57.3 Å². The Labute approximate surface area is 206 Å². The molecular weight excluding hydrogens is 468 g/mol. The molecule has 1 unspecified atom stereocenters. The number of H-pyrrole nitrogens is 1. The number of nitrogens with zero attached hydrogens (tertiary/aromatic N) is 5. The number of rotatable bonds is 6. The minimum Gasteiger partial charge on any atom is -0.466 e. The van der Waals surface area contributed by atoms with Gasteiger partial charge >= 0.3 is 5.97 Å². The Morgan fingerprint density at radius 3 is 2.69 bits per heavy atom. The molecule has 0 aliphatic carbocycles. The molecule has 9 nitrogen and oxygen atoms in total. The Morgan fingerprint density at radius 1 is 1.14 bits per heavy atom. The van der Waals surface area contributed by atoms with Crippen LogP contribution >= 0.6 is 0 Å². The molecule has 1 atom stereocenters. The molecule has 0 radical (unpaired) electrons. The van der Waals surface area contributed by atoms with Gasteiger partial charge in [-0.3, -0.25) is 15.1 Å². The molecule has 4 heterocycles. The molecule has 36 heavy (non-hydrogen) atoms. The van der Waals surface area contributed by atoms with Gasteiger partial charge in [0.25, 0.3) is 0 Å². The van der Waals surface area contributed by atoms with Crippen molar-refractivity contribution in [3.63, 3.8) is 0 Å². The van der Waals surface area contributed by atoms with E-state index in [4.69, 9.17) is 4.74 Å². The van der Waals surface area contributed by atoms with Crippen LogP contribution in [0.25, 0.3) is 33.7 Å². The highest BCUT2D eigenvalue weighted by Crippen LogP contribution is 2.25. The maximum Gasteiger partial charge on any atom is 0.306 e. The second-order valence-electron chi connectivity index (χ2n) is 8.61. The standard InChI is InChI=1S/C25H25F2N7O2/c1-2-36-22(35)7-15-5-6-34(14-28-10-15)25-30-12-17(13-31-25)20-4-3-16(11-29-20)24-32-21-9-18(26)8-19(27)23(21)33-24/h3-4,8-9,11-13,15,28H,2,5-7,10,14H2,1H3,(H,32,33). The summed E-state index contributed by atoms with van der Waals surface area (Å²) < 4.78 is 32.5. The van der Waals surface area contributed by atoms with Crippen LogP contribution in [0.2, 0.25) is 0 Å². The van der Waals surface area contributed by atoms with Crippen molar-refractivity contribution < 1.29 is 18.3 Å². The average Bonchev–Trinajstić information content (AvgIpc) is 3.17. The topological polar surface area (TPSA) is 109 Å². The lowest BCUT2D eigenvalue weighted by Crippen LogP contribution is -2.33. The first-order chi connectivity index (χ1) is 17.5. The molecule has 2 N–H and O–H groups in total. The Bertz CT molecular complexity index is 1360. The van der Waals surface area contributed by atoms with E-state index in [-0.39, 0.29) is 22.9 Å². The molecule has 3 aromatic heterocycles. The van der Waals surface area contributed by atoms with Crippen molar-refractivity contribution >= 4 is 23.0 Å². The molecule has 186 valence electrons. The highest BCUT2D eigenvalue weighted by Gasteiger charge is 2.21. The van der Waals surface area contributed by atoms with E-state index < -0.39 is 11.6 Å². The number of aromatic nitrogens is 5. The van der Waals surface area contributed by atoms with Crippen molar-refractivity contribution in [2.45, 2.75) is 19.8 Å². The third-order valence-corrected chi connectivity index (χ3v) is 6.06. The third kappa shape index (κ3) is 5.15. The van der Waals surface area contributed by atoms with Crippen molar-refractivity contribution in [1.29, 1.82) is 0 Å². The van der Waals surface area contributed by atoms with Crippen LogP contribution in [0.4, 0.5) is 14.7 Å². The van der Waals surface area contributed by atoms with Crippen LogP contribution in [0.1, 0.15) is 19.8 Å². The summed E-state index contributed by atoms with van der Waals surface area (Å²) in [4.78, 5) is 34.5. The number of pyridine rings is 1. The summed E-state index contributed by atoms with van der Waals surface area (Å²) in [5.74, 6) is -0.356. The number of nitrogens with one attached hydrogen (secondary N) is 2. The number of ether oxygens (including phenoxy) is 1. The predicted octanol–water partition coefficient (Wildman–Crippen LogP) is 3.69. The van der Waals surface area contributed by atoms with Crippen LogP contribution < -0.4 is 10.2 Å². The van der Waals surface area contributed by atoms with Gasteiger partial charge in [0.05, 0.1) is 24.5 Å². The van der Waals surface area contributed by atoms with E-state index in [0.29, 0.717) is 42.7 Å². The summed E-state index contributed by atoms with van der Waals surface area (Å²) in [5.41, 5.74) is 2.41. The lowest BCUT2D eigenvalue weighted by atomic mass is 10.0. The number of carbonyl (C=O) groups excluding carboxylic acids is 1. The lowest BCUT2D eigenvalue weighted by molar-refractivity contribution is -0.144. The smallest absolute Gasteiger partial charge is 0.306 e. The van der Waals surface area contributed by atoms with Crippen molar-refractivity contribution in [3.05, 3.63) is 54.5 Å². The van der Waals surface area contributed by atoms with Crippen LogP contribution in [0.5, 0.6) is 0 Å². The zero-order valence-electron chi connectivity index (χ0n) is 19.7. The first kappa shape index (κ1) is 23.7. The van der Waals surface area contributed by atoms with Gasteiger partial charge in [0.2, 0.25) is 5.95 Å². The normalized spacial score (nSPS) is 16.2. The van der Waals surface area contributed by atoms with E-state index in [2.05, 4.69) is 30.2 Å². The number of aromatic amines is 1. The third-order valence-electron chi connectivity index (χ3n) is 6.06. The van der Waals surface area contributed by atoms with Gasteiger partial charge in [0.1, 0.15) is 17.2 Å². The molecule has 1 aromatic carbocycles. The first-order valence-electron chi connectivity index (χ1n) is 11.7. The quantitative estimate of drug-likeness (QED) is 0.392. The summed E-state index contributed by atoms with van der Waals surface area (Å²) in [6.45, 7) is 4.25. The fourth-order valence-electron chi connectivity index (χ4n) is 4.22. The molecule has 1 aliphatic heterocycles. The molecule has 1 fully saturated rings. The Balaban J connectivity index is 1.25. The van der Waals surface area contributed by atoms with E-state index in [1.807, 2.05) is 11.8 Å². The Hall–Kier alpha value is -3.99. The van der Waals surface area contributed by atoms with Gasteiger partial charge in [0, 0.05) is 55.3 Å². The Morgan fingerprint density at radius 2 is 1.94 bits per heavy atom. The highest BCUT2D eigenvalue weighted by atomic mass is 19.1. The summed E-state index contributed by atoms with van der Waals surface area (Å²) in [7, 11) is 0. The molecule has 0 spiro atoms. The van der Waals surface area contributed by atoms with E-state index in [0.717, 1.165) is 31.1 Å². The number of halogens is 2. The fourth-order valence-corrected chi connectivity index (χ4v) is 4.22. The van der Waals surface area contributed by atoms with Gasteiger partial charge in [-0.15, -0.1) is 0 Å². The molecule has 1 aliphatic rings. The Kier molecular flexibility index (Phi) is 6.81. The number of fused-ring (bicyclic) bond motifs is 1. The second-order valence-corrected chi connectivity index (χ2v) is 8.61. The molecule has 1 saturated heterocycles. The molecular formula is C25H25F2N7O2. The minimum absolute atomic E-state index is 0.0784. The van der Waals surface area contributed by atoms with Gasteiger partial charge < -0.3 is 14.6 Å². The average molecular weight is 494 g/mol. The summed E-state index contributed by atoms with van der Waals surface area (Å²) >= 11 is 0. The maximum atomic E-state index is 14.0. The van der Waals surface area contributed by atoms with E-state index in [1.54, 1.807) is 30.7 Å². The van der Waals surface area contributed by atoms with E-state index in [9.17, 15) is 13.6 Å². The maximum absolute atomic E-state index is 14.0. The number of hydrogen-bond acceptors (Lipinski definition) is 8. The first-order valence-corrected chi connectivity index (χ1v) is 11.7. The van der Waals surface area contributed by atoms with Crippen molar-refractivity contribution in [3.8, 4) is 22.6 Å². The SMILES string of the molecule is CCOC(=O)CC1CCN(c2ncc(-c3ccc(-c4nc5c(F)cc(F)cc5[nH]4)cn3)cn2)CNC1. The zero-order valence-corrected chi connectivity index (χ0v) is 19.7. The van der Waals surface area contributed by atoms with Gasteiger partial charge in [-0.25, -0.2) is 23.7 Å². The van der Waals surface area contributed by atoms with Crippen LogP contribution in [0, 0.1) is 17.6 Å². The molecule has 0 amide bonds. The molecule has 11 heteroatoms. The van der Waals surface area contributed by atoms with Gasteiger partial charge in [-0.05, 0) is 37.5 Å².